The normalized spacial score (nSPS) is 9.91. The quantitative estimate of drug-likeness (QED) is 0.317. The van der Waals surface area contributed by atoms with E-state index in [2.05, 4.69) is 20.3 Å². The number of thiazole rings is 1. The fraction of sp³-hybridized carbons (Fsp3) is 0.0500. The first kappa shape index (κ1) is 24.5. The van der Waals surface area contributed by atoms with E-state index in [-0.39, 0.29) is 29.3 Å². The van der Waals surface area contributed by atoms with E-state index >= 15 is 0 Å². The SMILES string of the molecule is COc1ccc(-c2nc(-c3cccc([N+](=O)[O-])c3)[nH]c2C(=O)Nc2nccs2)cc1.Cl.O. The molecule has 0 fully saturated rings. The van der Waals surface area contributed by atoms with Gasteiger partial charge in [0.25, 0.3) is 11.6 Å². The summed E-state index contributed by atoms with van der Waals surface area (Å²) in [4.78, 5) is 35.2. The molecule has 0 unspecified atom stereocenters. The van der Waals surface area contributed by atoms with E-state index in [4.69, 9.17) is 4.74 Å². The maximum absolute atomic E-state index is 12.9. The average molecular weight is 476 g/mol. The number of anilines is 1. The fourth-order valence-electron chi connectivity index (χ4n) is 2.84. The van der Waals surface area contributed by atoms with Crippen molar-refractivity contribution in [3.8, 4) is 28.4 Å². The standard InChI is InChI=1S/C20H15N5O4S.ClH.H2O/c1-29-15-7-5-12(6-8-15)16-17(19(26)24-20-21-9-10-30-20)23-18(22-16)13-3-2-4-14(11-13)25(27)28;;/h2-11H,1H3,(H,22,23)(H,21,24,26);1H;1H2. The first-order valence-electron chi connectivity index (χ1n) is 8.75. The third-order valence-electron chi connectivity index (χ3n) is 4.28. The Morgan fingerprint density at radius 2 is 1.94 bits per heavy atom. The molecule has 0 aliphatic carbocycles. The van der Waals surface area contributed by atoms with Gasteiger partial charge in [-0.15, -0.1) is 23.7 Å². The van der Waals surface area contributed by atoms with Crippen LogP contribution < -0.4 is 10.1 Å². The van der Waals surface area contributed by atoms with Crippen LogP contribution in [0.3, 0.4) is 0 Å². The molecule has 166 valence electrons. The third kappa shape index (κ3) is 5.09. The number of benzene rings is 2. The zero-order valence-electron chi connectivity index (χ0n) is 16.6. The summed E-state index contributed by atoms with van der Waals surface area (Å²) in [6.45, 7) is 0. The van der Waals surface area contributed by atoms with Crippen LogP contribution in [0.2, 0.25) is 0 Å². The van der Waals surface area contributed by atoms with Gasteiger partial charge in [-0.25, -0.2) is 9.97 Å². The number of aromatic nitrogens is 3. The summed E-state index contributed by atoms with van der Waals surface area (Å²) in [7, 11) is 1.57. The zero-order valence-corrected chi connectivity index (χ0v) is 18.2. The maximum atomic E-state index is 12.9. The van der Waals surface area contributed by atoms with Crippen molar-refractivity contribution in [2.45, 2.75) is 0 Å². The summed E-state index contributed by atoms with van der Waals surface area (Å²) in [6, 6.07) is 13.1. The highest BCUT2D eigenvalue weighted by atomic mass is 35.5. The molecule has 0 bridgehead atoms. The van der Waals surface area contributed by atoms with Gasteiger partial charge in [0, 0.05) is 34.8 Å². The van der Waals surface area contributed by atoms with Gasteiger partial charge in [-0.1, -0.05) is 12.1 Å². The number of rotatable bonds is 6. The molecule has 4 rings (SSSR count). The smallest absolute Gasteiger partial charge is 0.276 e. The number of methoxy groups -OCH3 is 1. The van der Waals surface area contributed by atoms with Crippen LogP contribution in [0.1, 0.15) is 10.5 Å². The van der Waals surface area contributed by atoms with Gasteiger partial charge in [0.2, 0.25) is 0 Å². The highest BCUT2D eigenvalue weighted by Crippen LogP contribution is 2.29. The molecular weight excluding hydrogens is 458 g/mol. The highest BCUT2D eigenvalue weighted by Gasteiger charge is 2.21. The molecule has 4 N–H and O–H groups in total. The Bertz CT molecular complexity index is 1210. The number of nitrogens with zero attached hydrogens (tertiary/aromatic N) is 3. The highest BCUT2D eigenvalue weighted by molar-refractivity contribution is 7.13. The molecule has 10 nitrogen and oxygen atoms in total. The molecule has 32 heavy (non-hydrogen) atoms. The first-order valence-corrected chi connectivity index (χ1v) is 9.63. The Kier molecular flexibility index (Phi) is 8.02. The van der Waals surface area contributed by atoms with Crippen molar-refractivity contribution in [3.63, 3.8) is 0 Å². The van der Waals surface area contributed by atoms with Crippen molar-refractivity contribution in [1.29, 1.82) is 0 Å². The van der Waals surface area contributed by atoms with Gasteiger partial charge < -0.3 is 15.2 Å². The van der Waals surface area contributed by atoms with Crippen molar-refractivity contribution in [2.75, 3.05) is 12.4 Å². The molecule has 4 aromatic rings. The molecule has 0 spiro atoms. The second kappa shape index (κ2) is 10.5. The molecule has 2 aromatic heterocycles. The third-order valence-corrected chi connectivity index (χ3v) is 4.97. The fourth-order valence-corrected chi connectivity index (χ4v) is 3.37. The number of ether oxygens (including phenoxy) is 1. The zero-order chi connectivity index (χ0) is 21.1. The minimum absolute atomic E-state index is 0. The Morgan fingerprint density at radius 3 is 2.56 bits per heavy atom. The van der Waals surface area contributed by atoms with E-state index in [0.29, 0.717) is 33.5 Å². The number of nitro groups is 1. The summed E-state index contributed by atoms with van der Waals surface area (Å²) in [5, 5.41) is 16.0. The number of halogens is 1. The Labute approximate surface area is 192 Å². The number of hydrogen-bond acceptors (Lipinski definition) is 7. The number of hydrogen-bond donors (Lipinski definition) is 2. The summed E-state index contributed by atoms with van der Waals surface area (Å²) in [6.07, 6.45) is 1.59. The molecule has 12 heteroatoms. The summed E-state index contributed by atoms with van der Waals surface area (Å²) in [5.41, 5.74) is 1.74. The second-order valence-electron chi connectivity index (χ2n) is 6.14. The van der Waals surface area contributed by atoms with Crippen LogP contribution in [-0.4, -0.2) is 38.4 Å². The lowest BCUT2D eigenvalue weighted by molar-refractivity contribution is -0.384. The van der Waals surface area contributed by atoms with E-state index in [9.17, 15) is 14.9 Å². The van der Waals surface area contributed by atoms with Crippen molar-refractivity contribution < 1.29 is 19.9 Å². The lowest BCUT2D eigenvalue weighted by Gasteiger charge is -2.04. The molecular formula is C20H18ClN5O5S. The summed E-state index contributed by atoms with van der Waals surface area (Å²) >= 11 is 1.29. The van der Waals surface area contributed by atoms with Crippen LogP contribution in [0.25, 0.3) is 22.6 Å². The van der Waals surface area contributed by atoms with Crippen LogP contribution in [0.4, 0.5) is 10.8 Å². The number of aromatic amines is 1. The maximum Gasteiger partial charge on any atom is 0.276 e. The van der Waals surface area contributed by atoms with E-state index in [1.165, 1.54) is 23.5 Å². The monoisotopic (exact) mass is 475 g/mol. The van der Waals surface area contributed by atoms with Crippen molar-refractivity contribution >= 4 is 40.5 Å². The molecule has 0 atom stereocenters. The van der Waals surface area contributed by atoms with E-state index in [1.54, 1.807) is 55.1 Å². The predicted molar refractivity (Wildman–Crippen MR) is 124 cm³/mol. The molecule has 0 saturated heterocycles. The Balaban J connectivity index is 0.00000181. The van der Waals surface area contributed by atoms with E-state index < -0.39 is 10.8 Å². The van der Waals surface area contributed by atoms with Gasteiger partial charge in [-0.3, -0.25) is 20.2 Å². The summed E-state index contributed by atoms with van der Waals surface area (Å²) < 4.78 is 5.18. The number of non-ortho nitro benzene ring substituents is 1. The lowest BCUT2D eigenvalue weighted by Crippen LogP contribution is -2.13. The molecule has 0 radical (unpaired) electrons. The van der Waals surface area contributed by atoms with Gasteiger partial charge in [0.05, 0.1) is 12.0 Å². The van der Waals surface area contributed by atoms with Gasteiger partial charge in [-0.2, -0.15) is 0 Å². The first-order chi connectivity index (χ1) is 14.5. The predicted octanol–water partition coefficient (Wildman–Crippen LogP) is 3.97. The van der Waals surface area contributed by atoms with Gasteiger partial charge in [-0.05, 0) is 24.3 Å². The summed E-state index contributed by atoms with van der Waals surface area (Å²) in [5.74, 6) is 0.593. The lowest BCUT2D eigenvalue weighted by atomic mass is 10.1. The number of carbonyl (C=O) groups excluding carboxylic acids is 1. The number of imidazole rings is 1. The Morgan fingerprint density at radius 1 is 1.19 bits per heavy atom. The molecule has 1 amide bonds. The second-order valence-corrected chi connectivity index (χ2v) is 7.03. The number of carbonyl (C=O) groups is 1. The minimum atomic E-state index is -0.479. The van der Waals surface area contributed by atoms with Crippen molar-refractivity contribution in [1.82, 2.24) is 15.0 Å². The number of amides is 1. The van der Waals surface area contributed by atoms with Crippen LogP contribution in [0, 0.1) is 10.1 Å². The minimum Gasteiger partial charge on any atom is -0.497 e. The molecule has 2 heterocycles. The number of nitrogens with one attached hydrogen (secondary N) is 2. The van der Waals surface area contributed by atoms with E-state index in [0.717, 1.165) is 0 Å². The Hall–Kier alpha value is -3.80. The molecule has 0 aliphatic heterocycles. The molecule has 0 saturated carbocycles. The van der Waals surface area contributed by atoms with E-state index in [1.807, 2.05) is 0 Å². The average Bonchev–Trinajstić information content (AvgIpc) is 3.44. The number of nitro benzene ring substituents is 1. The van der Waals surface area contributed by atoms with Gasteiger partial charge in [0.1, 0.15) is 23.0 Å². The van der Waals surface area contributed by atoms with Crippen LogP contribution in [0.15, 0.2) is 60.1 Å². The van der Waals surface area contributed by atoms with Crippen LogP contribution in [0.5, 0.6) is 5.75 Å². The van der Waals surface area contributed by atoms with Gasteiger partial charge in [0.15, 0.2) is 5.13 Å². The van der Waals surface area contributed by atoms with Crippen LogP contribution in [-0.2, 0) is 0 Å². The van der Waals surface area contributed by atoms with Crippen molar-refractivity contribution in [2.24, 2.45) is 0 Å². The van der Waals surface area contributed by atoms with Gasteiger partial charge >= 0.3 is 0 Å². The van der Waals surface area contributed by atoms with Crippen LogP contribution >= 0.6 is 23.7 Å². The molecule has 0 aliphatic rings. The topological polar surface area (TPSA) is 155 Å². The molecule has 2 aromatic carbocycles. The largest absolute Gasteiger partial charge is 0.497 e. The number of H-pyrrole nitrogens is 1. The van der Waals surface area contributed by atoms with Crippen molar-refractivity contribution in [3.05, 3.63) is 75.9 Å².